The van der Waals surface area contributed by atoms with Gasteiger partial charge in [-0.1, -0.05) is 35.3 Å². The summed E-state index contributed by atoms with van der Waals surface area (Å²) in [6.07, 6.45) is 0.597. The first-order valence-electron chi connectivity index (χ1n) is 5.05. The molecule has 1 aromatic carbocycles. The first-order chi connectivity index (χ1) is 8.19. The highest BCUT2D eigenvalue weighted by Crippen LogP contribution is 2.35. The van der Waals surface area contributed by atoms with Crippen LogP contribution in [-0.2, 0) is 6.42 Å². The summed E-state index contributed by atoms with van der Waals surface area (Å²) < 4.78 is 5.23. The van der Waals surface area contributed by atoms with Crippen molar-refractivity contribution >= 4 is 45.7 Å². The molecule has 0 spiro atoms. The van der Waals surface area contributed by atoms with Crippen molar-refractivity contribution in [2.75, 3.05) is 13.0 Å². The van der Waals surface area contributed by atoms with Crippen molar-refractivity contribution in [3.63, 3.8) is 0 Å². The number of methoxy groups -OCH3 is 1. The second-order valence-corrected chi connectivity index (χ2v) is 4.60. The first kappa shape index (κ1) is 12.7. The van der Waals surface area contributed by atoms with E-state index in [-0.39, 0.29) is 0 Å². The molecule has 5 heteroatoms. The zero-order valence-electron chi connectivity index (χ0n) is 9.14. The maximum Gasteiger partial charge on any atom is 0.145 e. The van der Waals surface area contributed by atoms with Crippen LogP contribution in [0.4, 0.5) is 0 Å². The highest BCUT2D eigenvalue weighted by molar-refractivity contribution is 6.39. The zero-order valence-corrected chi connectivity index (χ0v) is 11.4. The van der Waals surface area contributed by atoms with Gasteiger partial charge in [0.25, 0.3) is 0 Å². The van der Waals surface area contributed by atoms with E-state index in [4.69, 9.17) is 39.5 Å². The number of rotatable bonds is 3. The Hall–Kier alpha value is -0.700. The number of hydrogen-bond acceptors (Lipinski definition) is 2. The van der Waals surface area contributed by atoms with Crippen LogP contribution in [-0.4, -0.2) is 18.0 Å². The van der Waals surface area contributed by atoms with E-state index in [0.29, 0.717) is 33.7 Å². The van der Waals surface area contributed by atoms with Crippen LogP contribution in [0.1, 0.15) is 5.56 Å². The van der Waals surface area contributed by atoms with Gasteiger partial charge in [0.1, 0.15) is 16.4 Å². The van der Waals surface area contributed by atoms with Gasteiger partial charge in [-0.3, -0.25) is 0 Å². The minimum atomic E-state index is 0.382. The molecule has 0 atom stereocenters. The van der Waals surface area contributed by atoms with Crippen LogP contribution >= 0.6 is 34.8 Å². The van der Waals surface area contributed by atoms with Gasteiger partial charge in [0.05, 0.1) is 12.1 Å². The fourth-order valence-electron chi connectivity index (χ4n) is 1.71. The van der Waals surface area contributed by atoms with Crippen molar-refractivity contribution in [3.05, 3.63) is 33.9 Å². The number of para-hydroxylation sites is 1. The Balaban J connectivity index is 2.76. The number of halogens is 3. The van der Waals surface area contributed by atoms with E-state index < -0.39 is 0 Å². The molecule has 0 fully saturated rings. The van der Waals surface area contributed by atoms with Gasteiger partial charge >= 0.3 is 0 Å². The van der Waals surface area contributed by atoms with Crippen LogP contribution < -0.4 is 4.74 Å². The van der Waals surface area contributed by atoms with Gasteiger partial charge < -0.3 is 4.74 Å². The molecule has 0 N–H and O–H groups in total. The Morgan fingerprint density at radius 2 is 2.06 bits per heavy atom. The third-order valence-electron chi connectivity index (χ3n) is 2.52. The molecule has 0 aliphatic carbocycles. The van der Waals surface area contributed by atoms with Gasteiger partial charge in [-0.2, -0.15) is 0 Å². The minimum Gasteiger partial charge on any atom is -0.494 e. The molecule has 0 amide bonds. The fraction of sp³-hybridized carbons (Fsp3) is 0.250. The molecule has 0 bridgehead atoms. The Labute approximate surface area is 114 Å². The number of pyridine rings is 1. The third kappa shape index (κ3) is 2.30. The smallest absolute Gasteiger partial charge is 0.145 e. The average molecular weight is 291 g/mol. The van der Waals surface area contributed by atoms with E-state index in [0.717, 1.165) is 10.9 Å². The Kier molecular flexibility index (Phi) is 3.97. The van der Waals surface area contributed by atoms with E-state index in [1.165, 1.54) is 0 Å². The monoisotopic (exact) mass is 289 g/mol. The van der Waals surface area contributed by atoms with Crippen molar-refractivity contribution in [1.82, 2.24) is 4.98 Å². The zero-order chi connectivity index (χ0) is 12.4. The molecular formula is C12H10Cl3NO. The number of aromatic nitrogens is 1. The van der Waals surface area contributed by atoms with Gasteiger partial charge in [0.2, 0.25) is 0 Å². The first-order valence-corrected chi connectivity index (χ1v) is 6.34. The number of benzene rings is 1. The van der Waals surface area contributed by atoms with Crippen LogP contribution in [0.5, 0.6) is 5.75 Å². The van der Waals surface area contributed by atoms with Gasteiger partial charge in [-0.25, -0.2) is 4.98 Å². The molecule has 1 heterocycles. The molecule has 1 aromatic heterocycles. The lowest BCUT2D eigenvalue weighted by Gasteiger charge is -2.10. The highest BCUT2D eigenvalue weighted by atomic mass is 35.5. The third-order valence-corrected chi connectivity index (χ3v) is 3.46. The van der Waals surface area contributed by atoms with Gasteiger partial charge in [0.15, 0.2) is 0 Å². The predicted octanol–water partition coefficient (Wildman–Crippen LogP) is 4.33. The fourth-order valence-corrected chi connectivity index (χ4v) is 2.55. The predicted molar refractivity (Wildman–Crippen MR) is 72.7 cm³/mol. The van der Waals surface area contributed by atoms with E-state index in [9.17, 15) is 0 Å². The van der Waals surface area contributed by atoms with Crippen LogP contribution in [0.15, 0.2) is 18.2 Å². The molecule has 0 aliphatic heterocycles. The second kappa shape index (κ2) is 5.30. The summed E-state index contributed by atoms with van der Waals surface area (Å²) >= 11 is 18.1. The van der Waals surface area contributed by atoms with Gasteiger partial charge in [-0.15, -0.1) is 11.6 Å². The molecule has 0 saturated heterocycles. The molecule has 2 nitrogen and oxygen atoms in total. The largest absolute Gasteiger partial charge is 0.494 e. The summed E-state index contributed by atoms with van der Waals surface area (Å²) in [7, 11) is 1.59. The topological polar surface area (TPSA) is 22.1 Å². The van der Waals surface area contributed by atoms with Gasteiger partial charge in [-0.05, 0) is 12.5 Å². The number of ether oxygens (including phenoxy) is 1. The molecule has 2 aromatic rings. The molecule has 0 unspecified atom stereocenters. The Morgan fingerprint density at radius 3 is 2.71 bits per heavy atom. The van der Waals surface area contributed by atoms with Crippen molar-refractivity contribution in [3.8, 4) is 5.75 Å². The van der Waals surface area contributed by atoms with Crippen molar-refractivity contribution < 1.29 is 4.74 Å². The van der Waals surface area contributed by atoms with Crippen LogP contribution in [0, 0.1) is 0 Å². The van der Waals surface area contributed by atoms with E-state index in [1.807, 2.05) is 18.2 Å². The number of hydrogen-bond donors (Lipinski definition) is 0. The lowest BCUT2D eigenvalue weighted by Crippen LogP contribution is -1.96. The lowest BCUT2D eigenvalue weighted by atomic mass is 10.1. The summed E-state index contributed by atoms with van der Waals surface area (Å²) in [5.41, 5.74) is 1.45. The van der Waals surface area contributed by atoms with E-state index >= 15 is 0 Å². The van der Waals surface area contributed by atoms with Crippen LogP contribution in [0.3, 0.4) is 0 Å². The quantitative estimate of drug-likeness (QED) is 0.620. The molecular weight excluding hydrogens is 280 g/mol. The van der Waals surface area contributed by atoms with Crippen LogP contribution in [0.25, 0.3) is 10.9 Å². The maximum absolute atomic E-state index is 6.32. The number of alkyl halides is 1. The molecule has 0 radical (unpaired) electrons. The SMILES string of the molecule is COc1cccc2c(Cl)c(CCCl)c(Cl)nc12. The standard InChI is InChI=1S/C12H10Cl3NO/c1-17-9-4-2-3-7-10(14)8(5-6-13)12(15)16-11(7)9/h2-4H,5-6H2,1H3. The molecule has 2 rings (SSSR count). The number of fused-ring (bicyclic) bond motifs is 1. The summed E-state index contributed by atoms with van der Waals surface area (Å²) in [6, 6.07) is 5.58. The van der Waals surface area contributed by atoms with Crippen molar-refractivity contribution in [1.29, 1.82) is 0 Å². The van der Waals surface area contributed by atoms with Crippen molar-refractivity contribution in [2.45, 2.75) is 6.42 Å². The normalized spacial score (nSPS) is 10.8. The Bertz CT molecular complexity index is 557. The van der Waals surface area contributed by atoms with E-state index in [2.05, 4.69) is 4.98 Å². The molecule has 0 saturated carbocycles. The maximum atomic E-state index is 6.32. The number of nitrogens with zero attached hydrogens (tertiary/aromatic N) is 1. The second-order valence-electron chi connectivity index (χ2n) is 3.49. The summed E-state index contributed by atoms with van der Waals surface area (Å²) in [5, 5.41) is 1.81. The summed E-state index contributed by atoms with van der Waals surface area (Å²) in [4.78, 5) is 4.32. The highest BCUT2D eigenvalue weighted by Gasteiger charge is 2.14. The molecule has 17 heavy (non-hydrogen) atoms. The van der Waals surface area contributed by atoms with Gasteiger partial charge in [0, 0.05) is 16.8 Å². The van der Waals surface area contributed by atoms with Crippen LogP contribution in [0.2, 0.25) is 10.2 Å². The molecule has 90 valence electrons. The molecule has 0 aliphatic rings. The Morgan fingerprint density at radius 1 is 1.29 bits per heavy atom. The minimum absolute atomic E-state index is 0.382. The lowest BCUT2D eigenvalue weighted by molar-refractivity contribution is 0.419. The summed E-state index contributed by atoms with van der Waals surface area (Å²) in [6.45, 7) is 0. The van der Waals surface area contributed by atoms with Crippen molar-refractivity contribution in [2.24, 2.45) is 0 Å². The van der Waals surface area contributed by atoms with E-state index in [1.54, 1.807) is 7.11 Å². The average Bonchev–Trinajstić information content (AvgIpc) is 2.34. The summed E-state index contributed by atoms with van der Waals surface area (Å²) in [5.74, 6) is 1.11.